The predicted octanol–water partition coefficient (Wildman–Crippen LogP) is 2.49. The van der Waals surface area contributed by atoms with Gasteiger partial charge in [-0.15, -0.1) is 0 Å². The van der Waals surface area contributed by atoms with E-state index in [0.717, 1.165) is 16.5 Å². The molecule has 1 aromatic carbocycles. The van der Waals surface area contributed by atoms with Crippen LogP contribution in [0.5, 0.6) is 0 Å². The molecule has 15 heavy (non-hydrogen) atoms. The first-order valence-corrected chi connectivity index (χ1v) is 4.81. The number of nitrogens with zero attached hydrogens (tertiary/aromatic N) is 1. The number of carbonyl (C=O) groups is 1. The van der Waals surface area contributed by atoms with Crippen molar-refractivity contribution in [3.05, 3.63) is 35.0 Å². The van der Waals surface area contributed by atoms with Crippen LogP contribution in [-0.2, 0) is 7.05 Å². The lowest BCUT2D eigenvalue weighted by molar-refractivity contribution is 0.0699. The second-order valence-corrected chi connectivity index (χ2v) is 3.86. The lowest BCUT2D eigenvalue weighted by atomic mass is 10.0. The summed E-state index contributed by atoms with van der Waals surface area (Å²) >= 11 is 0. The average molecular weight is 203 g/mol. The fourth-order valence-corrected chi connectivity index (χ4v) is 1.97. The molecule has 0 atom stereocenters. The van der Waals surface area contributed by atoms with E-state index >= 15 is 0 Å². The highest BCUT2D eigenvalue weighted by Crippen LogP contribution is 2.25. The first-order chi connectivity index (χ1) is 7.02. The van der Waals surface area contributed by atoms with Crippen molar-refractivity contribution in [1.82, 2.24) is 4.57 Å². The molecule has 0 fully saturated rings. The summed E-state index contributed by atoms with van der Waals surface area (Å²) in [4.78, 5) is 11.0. The Labute approximate surface area is 87.9 Å². The van der Waals surface area contributed by atoms with Crippen molar-refractivity contribution in [2.75, 3.05) is 0 Å². The summed E-state index contributed by atoms with van der Waals surface area (Å²) in [5.41, 5.74) is 3.70. The van der Waals surface area contributed by atoms with Gasteiger partial charge in [-0.1, -0.05) is 12.1 Å². The number of carboxylic acids is 1. The van der Waals surface area contributed by atoms with Crippen LogP contribution in [0.25, 0.3) is 10.9 Å². The highest BCUT2D eigenvalue weighted by molar-refractivity contribution is 6.04. The minimum Gasteiger partial charge on any atom is -0.478 e. The molecule has 0 bridgehead atoms. The Kier molecular flexibility index (Phi) is 2.03. The van der Waals surface area contributed by atoms with Crippen LogP contribution in [0.1, 0.15) is 21.5 Å². The largest absolute Gasteiger partial charge is 0.478 e. The zero-order valence-electron chi connectivity index (χ0n) is 9.03. The Balaban J connectivity index is 2.92. The van der Waals surface area contributed by atoms with Gasteiger partial charge in [0.2, 0.25) is 0 Å². The van der Waals surface area contributed by atoms with Crippen molar-refractivity contribution in [3.63, 3.8) is 0 Å². The number of carboxylic acid groups (broad SMARTS) is 1. The van der Waals surface area contributed by atoms with E-state index in [-0.39, 0.29) is 0 Å². The Morgan fingerprint density at radius 1 is 1.33 bits per heavy atom. The molecule has 3 nitrogen and oxygen atoms in total. The number of aryl methyl sites for hydroxylation is 3. The SMILES string of the molecule is Cc1ccc2c(C(=O)O)cn(C)c2c1C. The van der Waals surface area contributed by atoms with Gasteiger partial charge in [0.15, 0.2) is 0 Å². The average Bonchev–Trinajstić information content (AvgIpc) is 2.50. The zero-order valence-corrected chi connectivity index (χ0v) is 9.03. The van der Waals surface area contributed by atoms with E-state index in [4.69, 9.17) is 5.11 Å². The quantitative estimate of drug-likeness (QED) is 0.773. The van der Waals surface area contributed by atoms with Crippen molar-refractivity contribution < 1.29 is 9.90 Å². The first kappa shape index (κ1) is 9.77. The molecule has 2 rings (SSSR count). The second kappa shape index (κ2) is 3.12. The topological polar surface area (TPSA) is 42.2 Å². The van der Waals surface area contributed by atoms with Crippen LogP contribution >= 0.6 is 0 Å². The smallest absolute Gasteiger partial charge is 0.337 e. The van der Waals surface area contributed by atoms with Crippen molar-refractivity contribution in [3.8, 4) is 0 Å². The van der Waals surface area contributed by atoms with Gasteiger partial charge in [-0.2, -0.15) is 0 Å². The molecule has 0 aliphatic heterocycles. The zero-order chi connectivity index (χ0) is 11.2. The van der Waals surface area contributed by atoms with E-state index in [9.17, 15) is 4.79 Å². The third kappa shape index (κ3) is 1.31. The first-order valence-electron chi connectivity index (χ1n) is 4.81. The Hall–Kier alpha value is -1.77. The molecule has 1 heterocycles. The molecule has 3 heteroatoms. The highest BCUT2D eigenvalue weighted by atomic mass is 16.4. The van der Waals surface area contributed by atoms with E-state index in [1.165, 1.54) is 5.56 Å². The van der Waals surface area contributed by atoms with E-state index in [2.05, 4.69) is 0 Å². The molecule has 2 aromatic rings. The summed E-state index contributed by atoms with van der Waals surface area (Å²) in [5, 5.41) is 9.86. The summed E-state index contributed by atoms with van der Waals surface area (Å²) in [7, 11) is 1.88. The fourth-order valence-electron chi connectivity index (χ4n) is 1.97. The van der Waals surface area contributed by atoms with Crippen LogP contribution in [0.3, 0.4) is 0 Å². The second-order valence-electron chi connectivity index (χ2n) is 3.86. The minimum atomic E-state index is -0.871. The maximum absolute atomic E-state index is 11.0. The van der Waals surface area contributed by atoms with Gasteiger partial charge in [0, 0.05) is 18.6 Å². The third-order valence-electron chi connectivity index (χ3n) is 2.90. The monoisotopic (exact) mass is 203 g/mol. The van der Waals surface area contributed by atoms with Crippen molar-refractivity contribution in [2.45, 2.75) is 13.8 Å². The molecule has 0 spiro atoms. The summed E-state index contributed by atoms with van der Waals surface area (Å²) in [6.07, 6.45) is 1.67. The Bertz CT molecular complexity index is 552. The van der Waals surface area contributed by atoms with Gasteiger partial charge in [-0.05, 0) is 25.0 Å². The lowest BCUT2D eigenvalue weighted by Crippen LogP contribution is -1.93. The number of hydrogen-bond donors (Lipinski definition) is 1. The van der Waals surface area contributed by atoms with E-state index in [1.807, 2.05) is 37.6 Å². The van der Waals surface area contributed by atoms with E-state index in [0.29, 0.717) is 5.56 Å². The molecule has 0 aliphatic carbocycles. The maximum Gasteiger partial charge on any atom is 0.337 e. The molecule has 0 saturated heterocycles. The summed E-state index contributed by atoms with van der Waals surface area (Å²) in [6.45, 7) is 4.05. The highest BCUT2D eigenvalue weighted by Gasteiger charge is 2.14. The summed E-state index contributed by atoms with van der Waals surface area (Å²) < 4.78 is 1.88. The molecular weight excluding hydrogens is 190 g/mol. The summed E-state index contributed by atoms with van der Waals surface area (Å²) in [5.74, 6) is -0.871. The van der Waals surface area contributed by atoms with E-state index < -0.39 is 5.97 Å². The van der Waals surface area contributed by atoms with Gasteiger partial charge < -0.3 is 9.67 Å². The maximum atomic E-state index is 11.0. The van der Waals surface area contributed by atoms with Crippen molar-refractivity contribution >= 4 is 16.9 Å². The molecule has 0 amide bonds. The van der Waals surface area contributed by atoms with Crippen LogP contribution in [0.2, 0.25) is 0 Å². The number of hydrogen-bond acceptors (Lipinski definition) is 1. The summed E-state index contributed by atoms with van der Waals surface area (Å²) in [6, 6.07) is 3.84. The van der Waals surface area contributed by atoms with Gasteiger partial charge in [-0.3, -0.25) is 0 Å². The molecule has 0 saturated carbocycles. The normalized spacial score (nSPS) is 10.9. The number of aromatic nitrogens is 1. The molecule has 1 N–H and O–H groups in total. The Morgan fingerprint density at radius 2 is 2.00 bits per heavy atom. The van der Waals surface area contributed by atoms with Crippen molar-refractivity contribution in [2.24, 2.45) is 7.05 Å². The lowest BCUT2D eigenvalue weighted by Gasteiger charge is -2.04. The van der Waals surface area contributed by atoms with Crippen LogP contribution in [0, 0.1) is 13.8 Å². The van der Waals surface area contributed by atoms with Gasteiger partial charge in [0.1, 0.15) is 0 Å². The van der Waals surface area contributed by atoms with Gasteiger partial charge in [0.25, 0.3) is 0 Å². The van der Waals surface area contributed by atoms with E-state index in [1.54, 1.807) is 6.20 Å². The van der Waals surface area contributed by atoms with Gasteiger partial charge in [-0.25, -0.2) is 4.79 Å². The fraction of sp³-hybridized carbons (Fsp3) is 0.250. The molecule has 0 unspecified atom stereocenters. The van der Waals surface area contributed by atoms with Crippen molar-refractivity contribution in [1.29, 1.82) is 0 Å². The number of benzene rings is 1. The van der Waals surface area contributed by atoms with Gasteiger partial charge >= 0.3 is 5.97 Å². The molecule has 1 aromatic heterocycles. The standard InChI is InChI=1S/C12H13NO2/c1-7-4-5-9-10(12(14)15)6-13(3)11(9)8(7)2/h4-6H,1-3H3,(H,14,15). The molecular formula is C12H13NO2. The van der Waals surface area contributed by atoms with Crippen LogP contribution < -0.4 is 0 Å². The molecule has 0 aliphatic rings. The number of rotatable bonds is 1. The number of aromatic carboxylic acids is 1. The minimum absolute atomic E-state index is 0.371. The number of fused-ring (bicyclic) bond motifs is 1. The Morgan fingerprint density at radius 3 is 2.60 bits per heavy atom. The van der Waals surface area contributed by atoms with Crippen LogP contribution in [-0.4, -0.2) is 15.6 Å². The predicted molar refractivity (Wildman–Crippen MR) is 59.4 cm³/mol. The van der Waals surface area contributed by atoms with Crippen LogP contribution in [0.4, 0.5) is 0 Å². The molecule has 0 radical (unpaired) electrons. The molecule has 78 valence electrons. The third-order valence-corrected chi connectivity index (χ3v) is 2.90. The van der Waals surface area contributed by atoms with Gasteiger partial charge in [0.05, 0.1) is 11.1 Å². The van der Waals surface area contributed by atoms with Crippen LogP contribution in [0.15, 0.2) is 18.3 Å².